The summed E-state index contributed by atoms with van der Waals surface area (Å²) in [5.41, 5.74) is 12.9. The van der Waals surface area contributed by atoms with Crippen LogP contribution in [0.15, 0.2) is 36.5 Å². The number of rotatable bonds is 3. The first-order valence-corrected chi connectivity index (χ1v) is 5.86. The second kappa shape index (κ2) is 5.33. The van der Waals surface area contributed by atoms with Gasteiger partial charge in [0.2, 0.25) is 0 Å². The Morgan fingerprint density at radius 1 is 1.28 bits per heavy atom. The third-order valence-electron chi connectivity index (χ3n) is 2.74. The topological polar surface area (TPSA) is 64.9 Å². The molecule has 4 N–H and O–H groups in total. The molecule has 0 radical (unpaired) electrons. The Kier molecular flexibility index (Phi) is 3.79. The van der Waals surface area contributed by atoms with Crippen molar-refractivity contribution in [2.24, 2.45) is 5.73 Å². The number of anilines is 1. The number of nitrogens with two attached hydrogens (primary N) is 2. The zero-order valence-electron chi connectivity index (χ0n) is 9.61. The number of halogens is 2. The lowest BCUT2D eigenvalue weighted by atomic mass is 10.00. The lowest BCUT2D eigenvalue weighted by molar-refractivity contribution is 0.594. The summed E-state index contributed by atoms with van der Waals surface area (Å²) in [5, 5.41) is 0.0962. The summed E-state index contributed by atoms with van der Waals surface area (Å²) in [6, 6.07) is 7.99. The minimum absolute atomic E-state index is 0.0962. The van der Waals surface area contributed by atoms with Gasteiger partial charge in [-0.1, -0.05) is 29.8 Å². The summed E-state index contributed by atoms with van der Waals surface area (Å²) >= 11 is 5.72. The molecule has 0 bridgehead atoms. The largest absolute Gasteiger partial charge is 0.383 e. The summed E-state index contributed by atoms with van der Waals surface area (Å²) in [4.78, 5) is 3.96. The van der Waals surface area contributed by atoms with Gasteiger partial charge in [-0.3, -0.25) is 0 Å². The van der Waals surface area contributed by atoms with Crippen molar-refractivity contribution in [3.63, 3.8) is 0 Å². The fraction of sp³-hybridized carbons (Fsp3) is 0.154. The van der Waals surface area contributed by atoms with Gasteiger partial charge in [0.1, 0.15) is 11.6 Å². The van der Waals surface area contributed by atoms with E-state index in [-0.39, 0.29) is 5.02 Å². The predicted molar refractivity (Wildman–Crippen MR) is 70.7 cm³/mol. The van der Waals surface area contributed by atoms with Crippen LogP contribution in [0.4, 0.5) is 10.2 Å². The van der Waals surface area contributed by atoms with Gasteiger partial charge < -0.3 is 11.5 Å². The molecule has 0 saturated carbocycles. The van der Waals surface area contributed by atoms with E-state index in [4.69, 9.17) is 23.1 Å². The molecular weight excluding hydrogens is 253 g/mol. The highest BCUT2D eigenvalue weighted by atomic mass is 35.5. The lowest BCUT2D eigenvalue weighted by Gasteiger charge is -2.14. The molecule has 0 saturated heterocycles. The molecule has 0 amide bonds. The van der Waals surface area contributed by atoms with Crippen LogP contribution in [0.25, 0.3) is 0 Å². The summed E-state index contributed by atoms with van der Waals surface area (Å²) in [7, 11) is 0. The number of aromatic nitrogens is 1. The molecule has 0 fully saturated rings. The Morgan fingerprint density at radius 2 is 2.06 bits per heavy atom. The molecule has 0 spiro atoms. The molecule has 1 aromatic heterocycles. The molecule has 1 aromatic carbocycles. The van der Waals surface area contributed by atoms with Crippen molar-refractivity contribution in [2.75, 3.05) is 5.73 Å². The maximum absolute atomic E-state index is 13.7. The van der Waals surface area contributed by atoms with E-state index < -0.39 is 11.9 Å². The van der Waals surface area contributed by atoms with Gasteiger partial charge in [0.15, 0.2) is 0 Å². The second-order valence-corrected chi connectivity index (χ2v) is 4.41. The highest BCUT2D eigenvalue weighted by Gasteiger charge is 2.14. The summed E-state index contributed by atoms with van der Waals surface area (Å²) < 4.78 is 13.7. The monoisotopic (exact) mass is 265 g/mol. The van der Waals surface area contributed by atoms with Gasteiger partial charge in [-0.25, -0.2) is 9.37 Å². The molecule has 0 aliphatic rings. The number of pyridine rings is 1. The van der Waals surface area contributed by atoms with Crippen LogP contribution in [0.5, 0.6) is 0 Å². The van der Waals surface area contributed by atoms with Crippen LogP contribution in [0, 0.1) is 5.82 Å². The molecule has 94 valence electrons. The van der Waals surface area contributed by atoms with Crippen molar-refractivity contribution in [2.45, 2.75) is 12.5 Å². The van der Waals surface area contributed by atoms with Crippen LogP contribution >= 0.6 is 11.6 Å². The fourth-order valence-corrected chi connectivity index (χ4v) is 1.99. The molecule has 2 aromatic rings. The van der Waals surface area contributed by atoms with E-state index in [1.165, 1.54) is 6.07 Å². The maximum atomic E-state index is 13.7. The molecule has 1 unspecified atom stereocenters. The lowest BCUT2D eigenvalue weighted by Crippen LogP contribution is -2.16. The van der Waals surface area contributed by atoms with Crippen molar-refractivity contribution < 1.29 is 4.39 Å². The van der Waals surface area contributed by atoms with E-state index in [2.05, 4.69) is 4.98 Å². The van der Waals surface area contributed by atoms with E-state index in [0.717, 1.165) is 0 Å². The molecular formula is C13H13ClFN3. The minimum Gasteiger partial charge on any atom is -0.383 e. The number of benzene rings is 1. The zero-order chi connectivity index (χ0) is 13.1. The zero-order valence-corrected chi connectivity index (χ0v) is 10.4. The van der Waals surface area contributed by atoms with Crippen molar-refractivity contribution in [3.05, 3.63) is 58.5 Å². The Balaban J connectivity index is 2.24. The number of nitrogens with zero attached hydrogens (tertiary/aromatic N) is 1. The molecule has 0 aliphatic heterocycles. The van der Waals surface area contributed by atoms with Gasteiger partial charge in [0, 0.05) is 17.8 Å². The third-order valence-corrected chi connectivity index (χ3v) is 3.03. The smallest absolute Gasteiger partial charge is 0.145 e. The van der Waals surface area contributed by atoms with Gasteiger partial charge in [-0.15, -0.1) is 0 Å². The average molecular weight is 266 g/mol. The molecule has 2 rings (SSSR count). The number of hydrogen-bond acceptors (Lipinski definition) is 3. The first-order chi connectivity index (χ1) is 8.59. The SMILES string of the molecule is Nc1ncccc1C(N)Cc1cccc(Cl)c1F. The van der Waals surface area contributed by atoms with Crippen LogP contribution in [0.2, 0.25) is 5.02 Å². The van der Waals surface area contributed by atoms with Gasteiger partial charge in [0.25, 0.3) is 0 Å². The van der Waals surface area contributed by atoms with Crippen LogP contribution in [0.3, 0.4) is 0 Å². The first-order valence-electron chi connectivity index (χ1n) is 5.48. The second-order valence-electron chi connectivity index (χ2n) is 4.00. The molecule has 18 heavy (non-hydrogen) atoms. The van der Waals surface area contributed by atoms with E-state index in [1.54, 1.807) is 30.5 Å². The number of nitrogen functional groups attached to an aromatic ring is 1. The third kappa shape index (κ3) is 2.60. The van der Waals surface area contributed by atoms with E-state index in [0.29, 0.717) is 23.4 Å². The number of hydrogen-bond donors (Lipinski definition) is 2. The highest BCUT2D eigenvalue weighted by Crippen LogP contribution is 2.24. The Morgan fingerprint density at radius 3 is 2.78 bits per heavy atom. The van der Waals surface area contributed by atoms with E-state index >= 15 is 0 Å². The van der Waals surface area contributed by atoms with Crippen molar-refractivity contribution in [1.29, 1.82) is 0 Å². The summed E-state index contributed by atoms with van der Waals surface area (Å²) in [6.45, 7) is 0. The Labute approximate surface area is 110 Å². The first kappa shape index (κ1) is 12.8. The van der Waals surface area contributed by atoms with E-state index in [1.807, 2.05) is 0 Å². The quantitative estimate of drug-likeness (QED) is 0.897. The van der Waals surface area contributed by atoms with Gasteiger partial charge in [-0.2, -0.15) is 0 Å². The molecule has 0 aliphatic carbocycles. The Hall–Kier alpha value is -1.65. The van der Waals surface area contributed by atoms with Gasteiger partial charge >= 0.3 is 0 Å². The maximum Gasteiger partial charge on any atom is 0.145 e. The fourth-order valence-electron chi connectivity index (χ4n) is 1.80. The van der Waals surface area contributed by atoms with Crippen LogP contribution in [-0.2, 0) is 6.42 Å². The summed E-state index contributed by atoms with van der Waals surface area (Å²) in [5.74, 6) is -0.0653. The normalized spacial score (nSPS) is 12.4. The van der Waals surface area contributed by atoms with Crippen molar-refractivity contribution in [1.82, 2.24) is 4.98 Å². The molecule has 1 heterocycles. The average Bonchev–Trinajstić information content (AvgIpc) is 2.35. The minimum atomic E-state index is -0.433. The highest BCUT2D eigenvalue weighted by molar-refractivity contribution is 6.30. The Bertz CT molecular complexity index is 560. The van der Waals surface area contributed by atoms with Gasteiger partial charge in [0.05, 0.1) is 5.02 Å². The molecule has 5 heteroatoms. The van der Waals surface area contributed by atoms with Gasteiger partial charge in [-0.05, 0) is 24.1 Å². The van der Waals surface area contributed by atoms with Crippen molar-refractivity contribution >= 4 is 17.4 Å². The van der Waals surface area contributed by atoms with Crippen LogP contribution < -0.4 is 11.5 Å². The summed E-state index contributed by atoms with van der Waals surface area (Å²) in [6.07, 6.45) is 1.91. The van der Waals surface area contributed by atoms with Crippen molar-refractivity contribution in [3.8, 4) is 0 Å². The van der Waals surface area contributed by atoms with E-state index in [9.17, 15) is 4.39 Å². The van der Waals surface area contributed by atoms with Crippen LogP contribution in [0.1, 0.15) is 17.2 Å². The molecule has 1 atom stereocenters. The molecule has 3 nitrogen and oxygen atoms in total. The van der Waals surface area contributed by atoms with Crippen LogP contribution in [-0.4, -0.2) is 4.98 Å². The standard InChI is InChI=1S/C13H13ClFN3/c14-10-5-1-3-8(12(10)15)7-11(16)9-4-2-6-18-13(9)17/h1-6,11H,7,16H2,(H2,17,18). The predicted octanol–water partition coefficient (Wildman–Crippen LogP) is 2.70.